The molecule has 2 aromatic rings. The first kappa shape index (κ1) is 19.4. The third kappa shape index (κ3) is 4.18. The van der Waals surface area contributed by atoms with E-state index in [0.29, 0.717) is 36.0 Å². The van der Waals surface area contributed by atoms with Crippen LogP contribution >= 0.6 is 12.4 Å². The number of halogens is 1. The third-order valence-corrected chi connectivity index (χ3v) is 4.64. The topological polar surface area (TPSA) is 112 Å². The van der Waals surface area contributed by atoms with Gasteiger partial charge in [-0.05, 0) is 31.4 Å². The van der Waals surface area contributed by atoms with Crippen LogP contribution in [0.3, 0.4) is 0 Å². The van der Waals surface area contributed by atoms with Gasteiger partial charge in [0.2, 0.25) is 5.91 Å². The fourth-order valence-electron chi connectivity index (χ4n) is 3.24. The molecule has 3 atom stereocenters. The predicted molar refractivity (Wildman–Crippen MR) is 97.4 cm³/mol. The van der Waals surface area contributed by atoms with Gasteiger partial charge in [0.1, 0.15) is 5.82 Å². The van der Waals surface area contributed by atoms with Crippen LogP contribution in [-0.4, -0.2) is 45.1 Å². The average molecular weight is 367 g/mol. The lowest BCUT2D eigenvalue weighted by Gasteiger charge is -2.32. The van der Waals surface area contributed by atoms with Crippen LogP contribution in [0.15, 0.2) is 29.1 Å². The van der Waals surface area contributed by atoms with Crippen molar-refractivity contribution in [2.45, 2.75) is 38.0 Å². The molecule has 0 bridgehead atoms. The minimum atomic E-state index is -0.530. The van der Waals surface area contributed by atoms with E-state index in [2.05, 4.69) is 9.97 Å². The number of carbonyl (C=O) groups excluding carboxylic acids is 1. The van der Waals surface area contributed by atoms with E-state index in [4.69, 9.17) is 5.73 Å². The van der Waals surface area contributed by atoms with Crippen molar-refractivity contribution in [3.8, 4) is 0 Å². The van der Waals surface area contributed by atoms with Crippen molar-refractivity contribution in [3.63, 3.8) is 0 Å². The van der Waals surface area contributed by atoms with Crippen LogP contribution < -0.4 is 11.3 Å². The van der Waals surface area contributed by atoms with E-state index >= 15 is 0 Å². The predicted octanol–water partition coefficient (Wildman–Crippen LogP) is 0.792. The second-order valence-electron chi connectivity index (χ2n) is 6.47. The number of amides is 1. The maximum absolute atomic E-state index is 12.6. The lowest BCUT2D eigenvalue weighted by atomic mass is 9.83. The molecular weight excluding hydrogens is 344 g/mol. The molecule has 0 spiro atoms. The highest BCUT2D eigenvalue weighted by molar-refractivity contribution is 5.85. The molecule has 1 aromatic carbocycles. The maximum atomic E-state index is 12.6. The highest BCUT2D eigenvalue weighted by Gasteiger charge is 2.32. The number of aromatic nitrogens is 2. The fourth-order valence-corrected chi connectivity index (χ4v) is 3.24. The molecule has 0 unspecified atom stereocenters. The normalized spacial score (nSPS) is 23.1. The highest BCUT2D eigenvalue weighted by Crippen LogP contribution is 2.25. The van der Waals surface area contributed by atoms with Gasteiger partial charge in [0, 0.05) is 19.0 Å². The van der Waals surface area contributed by atoms with Gasteiger partial charge in [0.15, 0.2) is 0 Å². The molecule has 1 aliphatic rings. The standard InChI is InChI=1S/C17H22N4O3.ClH/c1-21(17(24)10-6-7-14(22)12(18)8-10)9-15-19-13-5-3-2-4-11(13)16(23)20-15;/h2-5,10,12,14,22H,6-9,18H2,1H3,(H,19,20,23);1H/t10-,12+,14+;/m0./s1. The third-order valence-electron chi connectivity index (χ3n) is 4.64. The molecule has 1 amide bonds. The lowest BCUT2D eigenvalue weighted by Crippen LogP contribution is -2.45. The summed E-state index contributed by atoms with van der Waals surface area (Å²) in [6.07, 6.45) is 1.11. The first-order chi connectivity index (χ1) is 11.5. The Morgan fingerprint density at radius 2 is 2.12 bits per heavy atom. The van der Waals surface area contributed by atoms with Gasteiger partial charge in [-0.1, -0.05) is 12.1 Å². The summed E-state index contributed by atoms with van der Waals surface area (Å²) in [6.45, 7) is 0.229. The van der Waals surface area contributed by atoms with Crippen LogP contribution in [0.4, 0.5) is 0 Å². The van der Waals surface area contributed by atoms with Crippen LogP contribution in [-0.2, 0) is 11.3 Å². The molecule has 1 saturated carbocycles. The van der Waals surface area contributed by atoms with Gasteiger partial charge in [-0.2, -0.15) is 0 Å². The molecule has 1 fully saturated rings. The second kappa shape index (κ2) is 7.95. The van der Waals surface area contributed by atoms with Crippen LogP contribution in [0, 0.1) is 5.92 Å². The molecule has 3 rings (SSSR count). The average Bonchev–Trinajstić information content (AvgIpc) is 2.56. The molecule has 1 heterocycles. The number of nitrogens with two attached hydrogens (primary N) is 1. The number of H-pyrrole nitrogens is 1. The molecule has 0 saturated heterocycles. The van der Waals surface area contributed by atoms with Crippen molar-refractivity contribution < 1.29 is 9.90 Å². The zero-order chi connectivity index (χ0) is 17.3. The zero-order valence-corrected chi connectivity index (χ0v) is 14.8. The van der Waals surface area contributed by atoms with Crippen LogP contribution in [0.5, 0.6) is 0 Å². The van der Waals surface area contributed by atoms with Gasteiger partial charge >= 0.3 is 0 Å². The smallest absolute Gasteiger partial charge is 0.258 e. The number of nitrogens with one attached hydrogen (secondary N) is 1. The Morgan fingerprint density at radius 1 is 1.40 bits per heavy atom. The van der Waals surface area contributed by atoms with Crippen molar-refractivity contribution >= 4 is 29.2 Å². The SMILES string of the molecule is CN(Cc1nc2ccccc2c(=O)[nH]1)C(=O)[C@H]1CC[C@@H](O)[C@H](N)C1.Cl. The van der Waals surface area contributed by atoms with E-state index in [-0.39, 0.29) is 42.4 Å². The van der Waals surface area contributed by atoms with E-state index in [0.717, 1.165) is 0 Å². The Bertz CT molecular complexity index is 810. The maximum Gasteiger partial charge on any atom is 0.258 e. The van der Waals surface area contributed by atoms with Crippen LogP contribution in [0.1, 0.15) is 25.1 Å². The summed E-state index contributed by atoms with van der Waals surface area (Å²) in [5.41, 5.74) is 6.26. The highest BCUT2D eigenvalue weighted by atomic mass is 35.5. The Balaban J connectivity index is 0.00000225. The van der Waals surface area contributed by atoms with E-state index in [1.807, 2.05) is 6.07 Å². The Labute approximate surface area is 151 Å². The van der Waals surface area contributed by atoms with Gasteiger partial charge in [0.25, 0.3) is 5.56 Å². The number of hydrogen-bond acceptors (Lipinski definition) is 5. The van der Waals surface area contributed by atoms with Gasteiger partial charge in [-0.3, -0.25) is 9.59 Å². The van der Waals surface area contributed by atoms with Crippen LogP contribution in [0.25, 0.3) is 10.9 Å². The van der Waals surface area contributed by atoms with Crippen molar-refractivity contribution in [2.75, 3.05) is 7.05 Å². The van der Waals surface area contributed by atoms with Gasteiger partial charge in [-0.15, -0.1) is 12.4 Å². The summed E-state index contributed by atoms with van der Waals surface area (Å²) >= 11 is 0. The largest absolute Gasteiger partial charge is 0.392 e. The van der Waals surface area contributed by atoms with Gasteiger partial charge in [-0.25, -0.2) is 4.98 Å². The number of benzene rings is 1. The summed E-state index contributed by atoms with van der Waals surface area (Å²) in [5, 5.41) is 10.2. The number of nitrogens with zero attached hydrogens (tertiary/aromatic N) is 2. The molecule has 0 radical (unpaired) electrons. The molecule has 1 aromatic heterocycles. The molecular formula is C17H23ClN4O3. The number of carbonyl (C=O) groups is 1. The summed E-state index contributed by atoms with van der Waals surface area (Å²) in [6, 6.07) is 6.74. The molecule has 8 heteroatoms. The molecule has 0 aliphatic heterocycles. The van der Waals surface area contributed by atoms with Crippen LogP contribution in [0.2, 0.25) is 0 Å². The van der Waals surface area contributed by atoms with Crippen molar-refractivity contribution in [1.82, 2.24) is 14.9 Å². The number of hydrogen-bond donors (Lipinski definition) is 3. The first-order valence-corrected chi connectivity index (χ1v) is 8.12. The minimum Gasteiger partial charge on any atom is -0.392 e. The lowest BCUT2D eigenvalue weighted by molar-refractivity contribution is -0.136. The summed E-state index contributed by atoms with van der Waals surface area (Å²) < 4.78 is 0. The van der Waals surface area contributed by atoms with Crippen molar-refractivity contribution in [2.24, 2.45) is 11.7 Å². The number of aliphatic hydroxyl groups is 1. The fraction of sp³-hybridized carbons (Fsp3) is 0.471. The molecule has 25 heavy (non-hydrogen) atoms. The number of aliphatic hydroxyl groups excluding tert-OH is 1. The summed E-state index contributed by atoms with van der Waals surface area (Å²) in [7, 11) is 1.69. The molecule has 136 valence electrons. The van der Waals surface area contributed by atoms with E-state index in [1.165, 1.54) is 0 Å². The number of para-hydroxylation sites is 1. The number of rotatable bonds is 3. The summed E-state index contributed by atoms with van der Waals surface area (Å²) in [5.74, 6) is 0.225. The van der Waals surface area contributed by atoms with Gasteiger partial charge < -0.3 is 20.7 Å². The monoisotopic (exact) mass is 366 g/mol. The van der Waals surface area contributed by atoms with E-state index < -0.39 is 6.10 Å². The van der Waals surface area contributed by atoms with Crippen molar-refractivity contribution in [1.29, 1.82) is 0 Å². The van der Waals surface area contributed by atoms with Gasteiger partial charge in [0.05, 0.1) is 23.6 Å². The zero-order valence-electron chi connectivity index (χ0n) is 14.0. The Kier molecular flexibility index (Phi) is 6.16. The first-order valence-electron chi connectivity index (χ1n) is 8.12. The van der Waals surface area contributed by atoms with E-state index in [1.54, 1.807) is 30.1 Å². The quantitative estimate of drug-likeness (QED) is 0.743. The summed E-state index contributed by atoms with van der Waals surface area (Å²) in [4.78, 5) is 33.4. The number of fused-ring (bicyclic) bond motifs is 1. The van der Waals surface area contributed by atoms with E-state index in [9.17, 15) is 14.7 Å². The molecule has 4 N–H and O–H groups in total. The number of aromatic amines is 1. The molecule has 7 nitrogen and oxygen atoms in total. The Hall–Kier alpha value is -1.96. The molecule has 1 aliphatic carbocycles. The Morgan fingerprint density at radius 3 is 2.84 bits per heavy atom. The minimum absolute atomic E-state index is 0. The second-order valence-corrected chi connectivity index (χ2v) is 6.47. The van der Waals surface area contributed by atoms with Crippen molar-refractivity contribution in [3.05, 3.63) is 40.4 Å².